The molecule has 0 aromatic carbocycles. The molecule has 2 aliphatic heterocycles. The van der Waals surface area contributed by atoms with Crippen LogP contribution in [0.1, 0.15) is 24.8 Å². The molecule has 0 spiro atoms. The van der Waals surface area contributed by atoms with Crippen molar-refractivity contribution in [3.05, 3.63) is 23.9 Å². The van der Waals surface area contributed by atoms with E-state index in [0.717, 1.165) is 12.8 Å². The Bertz CT molecular complexity index is 661. The van der Waals surface area contributed by atoms with E-state index in [0.29, 0.717) is 50.5 Å². The van der Waals surface area contributed by atoms with Crippen LogP contribution in [0.25, 0.3) is 0 Å². The van der Waals surface area contributed by atoms with Crippen LogP contribution in [0.4, 0.5) is 5.82 Å². The zero-order valence-electron chi connectivity index (χ0n) is 13.6. The number of aromatic nitrogens is 1. The molecule has 0 bridgehead atoms. The van der Waals surface area contributed by atoms with Gasteiger partial charge in [0.25, 0.3) is 0 Å². The molecule has 2 aliphatic rings. The number of hydrogen-bond acceptors (Lipinski definition) is 5. The highest BCUT2D eigenvalue weighted by Crippen LogP contribution is 2.18. The first-order valence-corrected chi connectivity index (χ1v) is 8.34. The minimum absolute atomic E-state index is 0.00595. The van der Waals surface area contributed by atoms with Gasteiger partial charge in [-0.25, -0.2) is 4.98 Å². The molecule has 24 heavy (non-hydrogen) atoms. The highest BCUT2D eigenvalue weighted by atomic mass is 16.2. The molecular formula is C17H21N5O2. The summed E-state index contributed by atoms with van der Waals surface area (Å²) in [4.78, 5) is 34.1. The third-order valence-electron chi connectivity index (χ3n) is 4.59. The first-order valence-electron chi connectivity index (χ1n) is 8.34. The van der Waals surface area contributed by atoms with E-state index in [4.69, 9.17) is 0 Å². The Kier molecular flexibility index (Phi) is 4.94. The first kappa shape index (κ1) is 16.2. The van der Waals surface area contributed by atoms with Crippen molar-refractivity contribution >= 4 is 17.6 Å². The molecule has 0 radical (unpaired) electrons. The Morgan fingerprint density at radius 2 is 2.00 bits per heavy atom. The fraction of sp³-hybridized carbons (Fsp3) is 0.529. The third-order valence-corrected chi connectivity index (χ3v) is 4.59. The summed E-state index contributed by atoms with van der Waals surface area (Å²) in [6.07, 6.45) is 4.13. The molecule has 7 nitrogen and oxygen atoms in total. The summed E-state index contributed by atoms with van der Waals surface area (Å²) in [6, 6.07) is 5.66. The number of rotatable bonds is 3. The molecule has 0 unspecified atom stereocenters. The van der Waals surface area contributed by atoms with E-state index in [-0.39, 0.29) is 18.4 Å². The minimum atomic E-state index is 0.00595. The maximum Gasteiger partial charge on any atom is 0.242 e. The van der Waals surface area contributed by atoms with Gasteiger partial charge in [0.1, 0.15) is 11.9 Å². The summed E-state index contributed by atoms with van der Waals surface area (Å²) >= 11 is 0. The highest BCUT2D eigenvalue weighted by Gasteiger charge is 2.26. The maximum absolute atomic E-state index is 12.4. The molecule has 7 heteroatoms. The summed E-state index contributed by atoms with van der Waals surface area (Å²) in [5.41, 5.74) is 0.552. The number of amides is 2. The molecule has 0 atom stereocenters. The zero-order chi connectivity index (χ0) is 16.9. The van der Waals surface area contributed by atoms with Crippen molar-refractivity contribution in [2.75, 3.05) is 44.2 Å². The smallest absolute Gasteiger partial charge is 0.242 e. The van der Waals surface area contributed by atoms with E-state index < -0.39 is 0 Å². The van der Waals surface area contributed by atoms with Crippen LogP contribution in [0.15, 0.2) is 18.3 Å². The number of nitriles is 1. The number of pyridine rings is 1. The number of anilines is 1. The van der Waals surface area contributed by atoms with Gasteiger partial charge in [-0.05, 0) is 25.0 Å². The van der Waals surface area contributed by atoms with Crippen molar-refractivity contribution in [3.63, 3.8) is 0 Å². The van der Waals surface area contributed by atoms with Gasteiger partial charge in [0.15, 0.2) is 0 Å². The number of carbonyl (C=O) groups excluding carboxylic acids is 2. The van der Waals surface area contributed by atoms with Gasteiger partial charge in [0, 0.05) is 45.3 Å². The molecule has 2 saturated heterocycles. The number of piperazine rings is 1. The van der Waals surface area contributed by atoms with Crippen molar-refractivity contribution in [3.8, 4) is 6.07 Å². The number of likely N-dealkylation sites (tertiary alicyclic amines) is 1. The first-order chi connectivity index (χ1) is 11.7. The van der Waals surface area contributed by atoms with E-state index in [1.54, 1.807) is 28.1 Å². The molecule has 126 valence electrons. The van der Waals surface area contributed by atoms with Gasteiger partial charge in [-0.15, -0.1) is 0 Å². The summed E-state index contributed by atoms with van der Waals surface area (Å²) in [5.74, 6) is 0.769. The largest absolute Gasteiger partial charge is 0.352 e. The van der Waals surface area contributed by atoms with Gasteiger partial charge >= 0.3 is 0 Å². The Morgan fingerprint density at radius 3 is 2.71 bits per heavy atom. The molecule has 2 amide bonds. The van der Waals surface area contributed by atoms with E-state index in [1.165, 1.54) is 0 Å². The van der Waals surface area contributed by atoms with Crippen LogP contribution in [-0.2, 0) is 9.59 Å². The molecule has 3 heterocycles. The lowest BCUT2D eigenvalue weighted by Crippen LogP contribution is -2.52. The van der Waals surface area contributed by atoms with Crippen LogP contribution in [0, 0.1) is 11.3 Å². The van der Waals surface area contributed by atoms with Gasteiger partial charge in [-0.1, -0.05) is 0 Å². The Balaban J connectivity index is 1.56. The summed E-state index contributed by atoms with van der Waals surface area (Å²) in [6.45, 7) is 3.33. The number of carbonyl (C=O) groups is 2. The standard InChI is InChI=1S/C17H21N5O2/c18-12-14-4-3-6-19-17(14)21-10-8-20(9-11-21)16(24)13-22-7-2-1-5-15(22)23/h3-4,6H,1-2,5,7-11,13H2. The molecule has 1 aromatic rings. The van der Waals surface area contributed by atoms with Gasteiger partial charge in [-0.2, -0.15) is 5.26 Å². The second-order valence-electron chi connectivity index (χ2n) is 6.13. The van der Waals surface area contributed by atoms with Gasteiger partial charge in [0.2, 0.25) is 11.8 Å². The van der Waals surface area contributed by atoms with Crippen LogP contribution < -0.4 is 4.90 Å². The quantitative estimate of drug-likeness (QED) is 0.813. The molecule has 2 fully saturated rings. The Morgan fingerprint density at radius 1 is 1.21 bits per heavy atom. The van der Waals surface area contributed by atoms with Crippen LogP contribution in [0.3, 0.4) is 0 Å². The number of hydrogen-bond donors (Lipinski definition) is 0. The lowest BCUT2D eigenvalue weighted by Gasteiger charge is -2.37. The SMILES string of the molecule is N#Cc1cccnc1N1CCN(C(=O)CN2CCCCC2=O)CC1. The van der Waals surface area contributed by atoms with E-state index >= 15 is 0 Å². The van der Waals surface area contributed by atoms with Crippen LogP contribution >= 0.6 is 0 Å². The average molecular weight is 327 g/mol. The van der Waals surface area contributed by atoms with E-state index in [2.05, 4.69) is 11.1 Å². The van der Waals surface area contributed by atoms with Gasteiger partial charge in [0.05, 0.1) is 12.1 Å². The number of nitrogens with zero attached hydrogens (tertiary/aromatic N) is 5. The van der Waals surface area contributed by atoms with Crippen molar-refractivity contribution in [2.24, 2.45) is 0 Å². The van der Waals surface area contributed by atoms with Crippen molar-refractivity contribution in [1.29, 1.82) is 5.26 Å². The molecule has 3 rings (SSSR count). The molecule has 1 aromatic heterocycles. The lowest BCUT2D eigenvalue weighted by molar-refractivity contribution is -0.142. The van der Waals surface area contributed by atoms with E-state index in [9.17, 15) is 14.9 Å². The predicted molar refractivity (Wildman–Crippen MR) is 88.2 cm³/mol. The third kappa shape index (κ3) is 3.48. The monoisotopic (exact) mass is 327 g/mol. The summed E-state index contributed by atoms with van der Waals surface area (Å²) in [5, 5.41) is 9.18. The van der Waals surface area contributed by atoms with Crippen LogP contribution in [0.2, 0.25) is 0 Å². The average Bonchev–Trinajstić information content (AvgIpc) is 2.63. The highest BCUT2D eigenvalue weighted by molar-refractivity contribution is 5.85. The van der Waals surface area contributed by atoms with Gasteiger partial charge in [-0.3, -0.25) is 9.59 Å². The summed E-state index contributed by atoms with van der Waals surface area (Å²) < 4.78 is 0. The maximum atomic E-state index is 12.4. The van der Waals surface area contributed by atoms with E-state index in [1.807, 2.05) is 4.90 Å². The Labute approximate surface area is 141 Å². The zero-order valence-corrected chi connectivity index (χ0v) is 13.6. The Hall–Kier alpha value is -2.62. The second kappa shape index (κ2) is 7.30. The summed E-state index contributed by atoms with van der Waals surface area (Å²) in [7, 11) is 0. The normalized spacial score (nSPS) is 18.5. The fourth-order valence-corrected chi connectivity index (χ4v) is 3.20. The molecule has 0 N–H and O–H groups in total. The molecule has 0 aliphatic carbocycles. The van der Waals surface area contributed by atoms with Crippen molar-refractivity contribution in [1.82, 2.24) is 14.8 Å². The predicted octanol–water partition coefficient (Wildman–Crippen LogP) is 0.614. The van der Waals surface area contributed by atoms with Crippen molar-refractivity contribution in [2.45, 2.75) is 19.3 Å². The molecule has 0 saturated carbocycles. The van der Waals surface area contributed by atoms with Crippen molar-refractivity contribution < 1.29 is 9.59 Å². The minimum Gasteiger partial charge on any atom is -0.352 e. The van der Waals surface area contributed by atoms with Crippen LogP contribution in [-0.4, -0.2) is 65.9 Å². The molecular weight excluding hydrogens is 306 g/mol. The number of piperidine rings is 1. The van der Waals surface area contributed by atoms with Crippen LogP contribution in [0.5, 0.6) is 0 Å². The lowest BCUT2D eigenvalue weighted by atomic mass is 10.1. The van der Waals surface area contributed by atoms with Gasteiger partial charge < -0.3 is 14.7 Å². The fourth-order valence-electron chi connectivity index (χ4n) is 3.20. The second-order valence-corrected chi connectivity index (χ2v) is 6.13. The topological polar surface area (TPSA) is 80.5 Å².